The van der Waals surface area contributed by atoms with Crippen molar-refractivity contribution in [3.63, 3.8) is 0 Å². The van der Waals surface area contributed by atoms with Crippen LogP contribution in [-0.2, 0) is 45.1 Å². The summed E-state index contributed by atoms with van der Waals surface area (Å²) >= 11 is 0. The first-order valence-corrected chi connectivity index (χ1v) is 18.0. The van der Waals surface area contributed by atoms with E-state index < -0.39 is 54.3 Å². The fourth-order valence-electron chi connectivity index (χ4n) is 5.75. The van der Waals surface area contributed by atoms with E-state index in [1.54, 1.807) is 76.7 Å². The van der Waals surface area contributed by atoms with Crippen molar-refractivity contribution in [2.75, 3.05) is 0 Å². The van der Waals surface area contributed by atoms with Crippen LogP contribution in [0.4, 0.5) is 9.59 Å². The molecule has 0 bridgehead atoms. The number of amides is 4. The first-order chi connectivity index (χ1) is 26.0. The highest BCUT2D eigenvalue weighted by atomic mass is 16.6. The van der Waals surface area contributed by atoms with E-state index in [4.69, 9.17) is 9.47 Å². The standard InChI is InChI=1S/C41H50N6O7/c1-27(2)35(46-40(51)53-25-31-17-11-19-42-23-31)38(49)44-33(21-29-13-7-5-8-14-29)37(48)34(22-30-15-9-6-10-16-30)45-39(50)36(28(3)4)47-41(52)54-26-32-18-12-20-43-24-32/h5-20,23-24,27-28,33-37,48H,21-22,25-26H2,1-4H3,(H,44,49)(H,45,50)(H,46,51)(H,47,52)/t33?,34?,35-,36-,37?/m0/s1. The maximum atomic E-state index is 13.9. The minimum absolute atomic E-state index is 0.0310. The van der Waals surface area contributed by atoms with Crippen molar-refractivity contribution in [2.45, 2.75) is 84.0 Å². The Balaban J connectivity index is 1.54. The van der Waals surface area contributed by atoms with Crippen LogP contribution in [-0.4, -0.2) is 69.3 Å². The number of nitrogens with one attached hydrogen (secondary N) is 4. The summed E-state index contributed by atoms with van der Waals surface area (Å²) in [5.74, 6) is -1.76. The first-order valence-electron chi connectivity index (χ1n) is 18.0. The summed E-state index contributed by atoms with van der Waals surface area (Å²) in [6, 6.07) is 21.8. The molecule has 54 heavy (non-hydrogen) atoms. The zero-order valence-electron chi connectivity index (χ0n) is 31.1. The summed E-state index contributed by atoms with van der Waals surface area (Å²) in [7, 11) is 0. The molecule has 0 radical (unpaired) electrons. The lowest BCUT2D eigenvalue weighted by atomic mass is 9.91. The molecule has 0 fully saturated rings. The normalized spacial score (nSPS) is 13.8. The Hall–Kier alpha value is -5.82. The number of benzene rings is 2. The second kappa shape index (κ2) is 21.0. The van der Waals surface area contributed by atoms with Gasteiger partial charge in [-0.1, -0.05) is 100 Å². The van der Waals surface area contributed by atoms with Crippen molar-refractivity contribution in [1.29, 1.82) is 0 Å². The van der Waals surface area contributed by atoms with Gasteiger partial charge in [0.25, 0.3) is 0 Å². The fraction of sp³-hybridized carbons (Fsp3) is 0.366. The summed E-state index contributed by atoms with van der Waals surface area (Å²) < 4.78 is 10.7. The number of hydrogen-bond acceptors (Lipinski definition) is 9. The molecule has 4 amide bonds. The smallest absolute Gasteiger partial charge is 0.408 e. The molecule has 2 heterocycles. The molecule has 5 N–H and O–H groups in total. The van der Waals surface area contributed by atoms with Crippen LogP contribution < -0.4 is 21.3 Å². The van der Waals surface area contributed by atoms with E-state index in [-0.39, 0.29) is 37.9 Å². The maximum Gasteiger partial charge on any atom is 0.408 e. The molecule has 2 aromatic carbocycles. The minimum Gasteiger partial charge on any atom is -0.445 e. The Kier molecular flexibility index (Phi) is 15.9. The molecule has 13 nitrogen and oxygen atoms in total. The first kappa shape index (κ1) is 40.9. The Bertz CT molecular complexity index is 1620. The van der Waals surface area contributed by atoms with E-state index in [0.717, 1.165) is 11.1 Å². The molecule has 0 aliphatic heterocycles. The number of ether oxygens (including phenoxy) is 2. The van der Waals surface area contributed by atoms with Crippen molar-refractivity contribution < 1.29 is 33.8 Å². The number of aromatic nitrogens is 2. The van der Waals surface area contributed by atoms with Crippen LogP contribution in [0.15, 0.2) is 110 Å². The van der Waals surface area contributed by atoms with Gasteiger partial charge < -0.3 is 35.8 Å². The highest BCUT2D eigenvalue weighted by Gasteiger charge is 2.35. The van der Waals surface area contributed by atoms with E-state index in [9.17, 15) is 24.3 Å². The number of carbonyl (C=O) groups is 4. The van der Waals surface area contributed by atoms with Gasteiger partial charge in [0.15, 0.2) is 0 Å². The molecule has 286 valence electrons. The van der Waals surface area contributed by atoms with Gasteiger partial charge in [-0.2, -0.15) is 0 Å². The minimum atomic E-state index is -1.32. The second-order valence-corrected chi connectivity index (χ2v) is 13.7. The number of rotatable bonds is 18. The Morgan fingerprint density at radius 2 is 0.926 bits per heavy atom. The van der Waals surface area contributed by atoms with Crippen molar-refractivity contribution in [1.82, 2.24) is 31.2 Å². The molecule has 4 aromatic rings. The molecule has 2 aromatic heterocycles. The van der Waals surface area contributed by atoms with E-state index in [2.05, 4.69) is 31.2 Å². The number of alkyl carbamates (subject to hydrolysis) is 2. The number of nitrogens with zero attached hydrogens (tertiary/aromatic N) is 2. The van der Waals surface area contributed by atoms with Crippen LogP contribution in [0, 0.1) is 11.8 Å². The van der Waals surface area contributed by atoms with Crippen LogP contribution in [0.1, 0.15) is 49.9 Å². The van der Waals surface area contributed by atoms with Gasteiger partial charge in [-0.25, -0.2) is 9.59 Å². The monoisotopic (exact) mass is 738 g/mol. The molecular formula is C41H50N6O7. The molecule has 0 spiro atoms. The van der Waals surface area contributed by atoms with E-state index >= 15 is 0 Å². The fourth-order valence-corrected chi connectivity index (χ4v) is 5.75. The molecule has 4 rings (SSSR count). The molecular weight excluding hydrogens is 688 g/mol. The molecule has 0 saturated heterocycles. The van der Waals surface area contributed by atoms with E-state index in [0.29, 0.717) is 11.1 Å². The average Bonchev–Trinajstić information content (AvgIpc) is 3.17. The second-order valence-electron chi connectivity index (χ2n) is 13.7. The molecule has 4 atom stereocenters. The van der Waals surface area contributed by atoms with Crippen LogP contribution in [0.2, 0.25) is 0 Å². The quantitative estimate of drug-likeness (QED) is 0.0983. The Morgan fingerprint density at radius 1 is 0.556 bits per heavy atom. The topological polar surface area (TPSA) is 181 Å². The summed E-state index contributed by atoms with van der Waals surface area (Å²) in [5.41, 5.74) is 3.03. The molecule has 13 heteroatoms. The Morgan fingerprint density at radius 3 is 1.26 bits per heavy atom. The van der Waals surface area contributed by atoms with Gasteiger partial charge in [0, 0.05) is 35.9 Å². The zero-order valence-corrected chi connectivity index (χ0v) is 31.1. The highest BCUT2D eigenvalue weighted by Crippen LogP contribution is 2.16. The molecule has 0 saturated carbocycles. The predicted octanol–water partition coefficient (Wildman–Crippen LogP) is 4.49. The molecule has 2 unspecified atom stereocenters. The van der Waals surface area contributed by atoms with Crippen LogP contribution in [0.25, 0.3) is 0 Å². The van der Waals surface area contributed by atoms with Crippen LogP contribution in [0.3, 0.4) is 0 Å². The van der Waals surface area contributed by atoms with Crippen molar-refractivity contribution in [2.24, 2.45) is 11.8 Å². The lowest BCUT2D eigenvalue weighted by Crippen LogP contribution is -2.61. The summed E-state index contributed by atoms with van der Waals surface area (Å²) in [5, 5.41) is 23.4. The van der Waals surface area contributed by atoms with Gasteiger partial charge in [-0.3, -0.25) is 19.6 Å². The van der Waals surface area contributed by atoms with Gasteiger partial charge in [0.05, 0.1) is 18.2 Å². The van der Waals surface area contributed by atoms with Crippen molar-refractivity contribution >= 4 is 24.0 Å². The van der Waals surface area contributed by atoms with E-state index in [1.807, 2.05) is 60.7 Å². The number of carbonyl (C=O) groups excluding carboxylic acids is 4. The molecule has 0 aliphatic carbocycles. The van der Waals surface area contributed by atoms with Crippen LogP contribution in [0.5, 0.6) is 0 Å². The number of aliphatic hydroxyl groups is 1. The predicted molar refractivity (Wildman–Crippen MR) is 203 cm³/mol. The maximum absolute atomic E-state index is 13.9. The van der Waals surface area contributed by atoms with Crippen molar-refractivity contribution in [3.8, 4) is 0 Å². The third kappa shape index (κ3) is 13.3. The zero-order chi connectivity index (χ0) is 38.9. The van der Waals surface area contributed by atoms with Gasteiger partial charge >= 0.3 is 12.2 Å². The Labute approximate surface area is 316 Å². The number of hydrogen-bond donors (Lipinski definition) is 5. The van der Waals surface area contributed by atoms with Gasteiger partial charge in [-0.15, -0.1) is 0 Å². The SMILES string of the molecule is CC(C)[C@H](NC(=O)OCc1cccnc1)C(=O)NC(Cc1ccccc1)C(O)C(Cc1ccccc1)NC(=O)[C@@H](NC(=O)OCc1cccnc1)C(C)C. The third-order valence-corrected chi connectivity index (χ3v) is 8.71. The summed E-state index contributed by atoms with van der Waals surface area (Å²) in [6.07, 6.45) is 3.90. The number of pyridine rings is 2. The van der Waals surface area contributed by atoms with Gasteiger partial charge in [0.2, 0.25) is 11.8 Å². The van der Waals surface area contributed by atoms with E-state index in [1.165, 1.54) is 0 Å². The third-order valence-electron chi connectivity index (χ3n) is 8.71. The van der Waals surface area contributed by atoms with Gasteiger partial charge in [-0.05, 0) is 47.9 Å². The van der Waals surface area contributed by atoms with Crippen LogP contribution >= 0.6 is 0 Å². The van der Waals surface area contributed by atoms with Gasteiger partial charge in [0.1, 0.15) is 25.3 Å². The van der Waals surface area contributed by atoms with Crippen molar-refractivity contribution in [3.05, 3.63) is 132 Å². The molecule has 0 aliphatic rings. The summed E-state index contributed by atoms with van der Waals surface area (Å²) in [4.78, 5) is 61.5. The average molecular weight is 739 g/mol. The summed E-state index contributed by atoms with van der Waals surface area (Å²) in [6.45, 7) is 7.08. The lowest BCUT2D eigenvalue weighted by Gasteiger charge is -2.34. The number of aliphatic hydroxyl groups excluding tert-OH is 1. The largest absolute Gasteiger partial charge is 0.445 e. The lowest BCUT2D eigenvalue weighted by molar-refractivity contribution is -0.126. The highest BCUT2D eigenvalue weighted by molar-refractivity contribution is 5.87.